The van der Waals surface area contributed by atoms with Crippen molar-refractivity contribution in [2.45, 2.75) is 39.3 Å². The third-order valence-electron chi connectivity index (χ3n) is 3.08. The van der Waals surface area contributed by atoms with Crippen LogP contribution >= 0.6 is 0 Å². The molecular formula is C12H16F5NO. The maximum atomic E-state index is 12.9. The summed E-state index contributed by atoms with van der Waals surface area (Å²) in [7, 11) is 0. The predicted octanol–water partition coefficient (Wildman–Crippen LogP) is 3.39. The van der Waals surface area contributed by atoms with Gasteiger partial charge in [-0.2, -0.15) is 22.0 Å². The number of carbonyl (C=O) groups excluding carboxylic acids is 1. The molecule has 0 N–H and O–H groups in total. The van der Waals surface area contributed by atoms with Crippen LogP contribution in [0.1, 0.15) is 27.2 Å². The summed E-state index contributed by atoms with van der Waals surface area (Å²) in [6, 6.07) is 0. The van der Waals surface area contributed by atoms with Crippen LogP contribution in [0.5, 0.6) is 0 Å². The zero-order valence-electron chi connectivity index (χ0n) is 10.9. The van der Waals surface area contributed by atoms with Gasteiger partial charge in [0.1, 0.15) is 0 Å². The summed E-state index contributed by atoms with van der Waals surface area (Å²) in [6.07, 6.45) is -3.99. The zero-order valence-corrected chi connectivity index (χ0v) is 10.9. The van der Waals surface area contributed by atoms with E-state index in [1.165, 1.54) is 0 Å². The van der Waals surface area contributed by atoms with Crippen LogP contribution in [-0.4, -0.2) is 36.0 Å². The smallest absolute Gasteiger partial charge is 0.333 e. The van der Waals surface area contributed by atoms with E-state index >= 15 is 0 Å². The second-order valence-corrected chi connectivity index (χ2v) is 5.55. The lowest BCUT2D eigenvalue weighted by Crippen LogP contribution is -2.53. The fourth-order valence-corrected chi connectivity index (χ4v) is 1.85. The van der Waals surface area contributed by atoms with Crippen molar-refractivity contribution in [3.05, 3.63) is 11.6 Å². The van der Waals surface area contributed by atoms with Crippen molar-refractivity contribution in [2.75, 3.05) is 13.1 Å². The van der Waals surface area contributed by atoms with Crippen molar-refractivity contribution in [3.8, 4) is 0 Å². The summed E-state index contributed by atoms with van der Waals surface area (Å²) in [5.74, 6) is -7.50. The molecule has 110 valence electrons. The Labute approximate surface area is 108 Å². The molecule has 1 amide bonds. The van der Waals surface area contributed by atoms with E-state index in [9.17, 15) is 26.7 Å². The SMILES string of the molecule is CC(C)(C)C1=CCN(C(=O)C(F)(F)C(F)(F)F)CC1. The first-order valence-corrected chi connectivity index (χ1v) is 5.81. The molecule has 1 aliphatic heterocycles. The summed E-state index contributed by atoms with van der Waals surface area (Å²) < 4.78 is 62.1. The number of rotatable bonds is 1. The van der Waals surface area contributed by atoms with Gasteiger partial charge in [0.25, 0.3) is 0 Å². The van der Waals surface area contributed by atoms with Crippen LogP contribution in [0.2, 0.25) is 0 Å². The number of alkyl halides is 5. The first kappa shape index (κ1) is 15.9. The molecule has 0 radical (unpaired) electrons. The van der Waals surface area contributed by atoms with Gasteiger partial charge in [-0.25, -0.2) is 0 Å². The Morgan fingerprint density at radius 1 is 1.16 bits per heavy atom. The van der Waals surface area contributed by atoms with E-state index in [1.54, 1.807) is 6.08 Å². The lowest BCUT2D eigenvalue weighted by Gasteiger charge is -2.34. The Kier molecular flexibility index (Phi) is 3.98. The van der Waals surface area contributed by atoms with Gasteiger partial charge < -0.3 is 4.90 Å². The predicted molar refractivity (Wildman–Crippen MR) is 59.7 cm³/mol. The summed E-state index contributed by atoms with van der Waals surface area (Å²) in [6.45, 7) is 5.42. The highest BCUT2D eigenvalue weighted by molar-refractivity contribution is 5.84. The molecule has 0 bridgehead atoms. The van der Waals surface area contributed by atoms with E-state index in [-0.39, 0.29) is 18.5 Å². The van der Waals surface area contributed by atoms with Crippen molar-refractivity contribution in [3.63, 3.8) is 0 Å². The fraction of sp³-hybridized carbons (Fsp3) is 0.750. The van der Waals surface area contributed by atoms with Crippen LogP contribution in [0, 0.1) is 5.41 Å². The van der Waals surface area contributed by atoms with Gasteiger partial charge >= 0.3 is 18.0 Å². The Bertz CT molecular complexity index is 392. The van der Waals surface area contributed by atoms with Crippen molar-refractivity contribution in [1.82, 2.24) is 4.90 Å². The molecule has 0 aromatic rings. The molecule has 0 atom stereocenters. The first-order valence-electron chi connectivity index (χ1n) is 5.81. The van der Waals surface area contributed by atoms with E-state index in [1.807, 2.05) is 20.8 Å². The summed E-state index contributed by atoms with van der Waals surface area (Å²) in [5.41, 5.74) is 0.772. The minimum atomic E-state index is -5.85. The quantitative estimate of drug-likeness (QED) is 0.534. The van der Waals surface area contributed by atoms with Crippen LogP contribution in [0.25, 0.3) is 0 Å². The molecule has 0 aliphatic carbocycles. The van der Waals surface area contributed by atoms with E-state index in [0.717, 1.165) is 5.57 Å². The minimum Gasteiger partial charge on any atom is -0.333 e. The number of nitrogens with zero attached hydrogens (tertiary/aromatic N) is 1. The van der Waals surface area contributed by atoms with Crippen LogP contribution in [0.15, 0.2) is 11.6 Å². The van der Waals surface area contributed by atoms with Gasteiger partial charge in [-0.1, -0.05) is 32.4 Å². The second kappa shape index (κ2) is 4.76. The number of halogens is 5. The number of hydrogen-bond acceptors (Lipinski definition) is 1. The Balaban J connectivity index is 2.82. The van der Waals surface area contributed by atoms with Gasteiger partial charge in [-0.05, 0) is 11.8 Å². The highest BCUT2D eigenvalue weighted by Gasteiger charge is 2.64. The highest BCUT2D eigenvalue weighted by Crippen LogP contribution is 2.38. The van der Waals surface area contributed by atoms with Gasteiger partial charge in [-0.3, -0.25) is 4.79 Å². The lowest BCUT2D eigenvalue weighted by atomic mass is 9.83. The van der Waals surface area contributed by atoms with Gasteiger partial charge in [0.05, 0.1) is 0 Å². The summed E-state index contributed by atoms with van der Waals surface area (Å²) in [4.78, 5) is 11.8. The fourth-order valence-electron chi connectivity index (χ4n) is 1.85. The van der Waals surface area contributed by atoms with Gasteiger partial charge in [0.15, 0.2) is 0 Å². The molecule has 0 saturated carbocycles. The Hall–Kier alpha value is -1.14. The maximum Gasteiger partial charge on any atom is 0.463 e. The van der Waals surface area contributed by atoms with E-state index < -0.39 is 18.0 Å². The summed E-state index contributed by atoms with van der Waals surface area (Å²) in [5, 5.41) is 0. The molecule has 0 unspecified atom stereocenters. The zero-order chi connectivity index (χ0) is 15.1. The standard InChI is InChI=1S/C12H16F5NO/c1-10(2,3)8-4-6-18(7-5-8)9(19)11(13,14)12(15,16)17/h4H,5-7H2,1-3H3. The molecule has 0 aromatic carbocycles. The normalized spacial score (nSPS) is 18.3. The number of carbonyl (C=O) groups is 1. The maximum absolute atomic E-state index is 12.9. The van der Waals surface area contributed by atoms with E-state index in [4.69, 9.17) is 0 Å². The van der Waals surface area contributed by atoms with Crippen LogP contribution < -0.4 is 0 Å². The minimum absolute atomic E-state index is 0.117. The average Bonchev–Trinajstić information content (AvgIpc) is 2.25. The van der Waals surface area contributed by atoms with E-state index in [2.05, 4.69) is 0 Å². The average molecular weight is 285 g/mol. The van der Waals surface area contributed by atoms with Crippen molar-refractivity contribution >= 4 is 5.91 Å². The molecule has 0 spiro atoms. The lowest BCUT2D eigenvalue weighted by molar-refractivity contribution is -0.274. The van der Waals surface area contributed by atoms with Crippen molar-refractivity contribution < 1.29 is 26.7 Å². The van der Waals surface area contributed by atoms with Crippen molar-refractivity contribution in [1.29, 1.82) is 0 Å². The third-order valence-corrected chi connectivity index (χ3v) is 3.08. The molecule has 2 nitrogen and oxygen atoms in total. The monoisotopic (exact) mass is 285 g/mol. The molecule has 0 saturated heterocycles. The third kappa shape index (κ3) is 3.25. The number of amides is 1. The first-order chi connectivity index (χ1) is 8.37. The van der Waals surface area contributed by atoms with Crippen molar-refractivity contribution in [2.24, 2.45) is 5.41 Å². The topological polar surface area (TPSA) is 20.3 Å². The molecule has 19 heavy (non-hydrogen) atoms. The van der Waals surface area contributed by atoms with Gasteiger partial charge in [0.2, 0.25) is 0 Å². The largest absolute Gasteiger partial charge is 0.463 e. The highest BCUT2D eigenvalue weighted by atomic mass is 19.4. The van der Waals surface area contributed by atoms with E-state index in [0.29, 0.717) is 11.3 Å². The molecule has 1 aliphatic rings. The molecule has 0 aromatic heterocycles. The Morgan fingerprint density at radius 2 is 1.68 bits per heavy atom. The molecule has 1 heterocycles. The van der Waals surface area contributed by atoms with Gasteiger partial charge in [-0.15, -0.1) is 0 Å². The van der Waals surface area contributed by atoms with Crippen LogP contribution in [0.4, 0.5) is 22.0 Å². The molecule has 0 fully saturated rings. The molecular weight excluding hydrogens is 269 g/mol. The van der Waals surface area contributed by atoms with Crippen LogP contribution in [0.3, 0.4) is 0 Å². The van der Waals surface area contributed by atoms with Gasteiger partial charge in [0, 0.05) is 13.1 Å². The molecule has 7 heteroatoms. The van der Waals surface area contributed by atoms with Crippen LogP contribution in [-0.2, 0) is 4.79 Å². The Morgan fingerprint density at radius 3 is 2.00 bits per heavy atom. The number of hydrogen-bond donors (Lipinski definition) is 0. The molecule has 1 rings (SSSR count). The second-order valence-electron chi connectivity index (χ2n) is 5.55. The summed E-state index contributed by atoms with van der Waals surface area (Å²) >= 11 is 0.